The fraction of sp³-hybridized carbons (Fsp3) is 0.154. The highest BCUT2D eigenvalue weighted by Gasteiger charge is 2.08. The van der Waals surface area contributed by atoms with Gasteiger partial charge in [-0.1, -0.05) is 12.1 Å². The van der Waals surface area contributed by atoms with Crippen LogP contribution >= 0.6 is 0 Å². The van der Waals surface area contributed by atoms with Crippen LogP contribution in [0, 0.1) is 0 Å². The summed E-state index contributed by atoms with van der Waals surface area (Å²) in [5.41, 5.74) is 8.38. The van der Waals surface area contributed by atoms with Gasteiger partial charge in [0.25, 0.3) is 0 Å². The zero-order chi connectivity index (χ0) is 12.3. The molecule has 0 bridgehead atoms. The van der Waals surface area contributed by atoms with E-state index in [-0.39, 0.29) is 12.5 Å². The summed E-state index contributed by atoms with van der Waals surface area (Å²) < 4.78 is 6.49. The second-order valence-electron chi connectivity index (χ2n) is 3.72. The van der Waals surface area contributed by atoms with Crippen LogP contribution < -0.4 is 5.73 Å². The Morgan fingerprint density at radius 3 is 2.88 bits per heavy atom. The number of carbonyl (C=O) groups excluding carboxylic acids is 1. The van der Waals surface area contributed by atoms with Gasteiger partial charge in [-0.25, -0.2) is 0 Å². The lowest BCUT2D eigenvalue weighted by Gasteiger charge is -2.08. The normalized spacial score (nSPS) is 10.2. The molecule has 88 valence electrons. The maximum absolute atomic E-state index is 11.3. The molecule has 0 saturated heterocycles. The number of aromatic nitrogens is 1. The smallest absolute Gasteiger partial charge is 0.325 e. The van der Waals surface area contributed by atoms with Gasteiger partial charge in [0.1, 0.15) is 6.54 Å². The molecular formula is C13H14N2O2. The molecule has 0 aliphatic heterocycles. The second-order valence-corrected chi connectivity index (χ2v) is 3.72. The average molecular weight is 230 g/mol. The third-order valence-electron chi connectivity index (χ3n) is 2.54. The van der Waals surface area contributed by atoms with Crippen LogP contribution in [0.25, 0.3) is 11.3 Å². The van der Waals surface area contributed by atoms with E-state index < -0.39 is 0 Å². The molecule has 1 aromatic carbocycles. The van der Waals surface area contributed by atoms with Crippen molar-refractivity contribution in [1.29, 1.82) is 0 Å². The summed E-state index contributed by atoms with van der Waals surface area (Å²) >= 11 is 0. The maximum Gasteiger partial charge on any atom is 0.325 e. The molecule has 0 amide bonds. The van der Waals surface area contributed by atoms with Crippen LogP contribution in [0.4, 0.5) is 5.69 Å². The summed E-state index contributed by atoms with van der Waals surface area (Å²) in [5.74, 6) is -0.272. The summed E-state index contributed by atoms with van der Waals surface area (Å²) in [6.07, 6.45) is 1.84. The van der Waals surface area contributed by atoms with Crippen molar-refractivity contribution in [2.24, 2.45) is 0 Å². The summed E-state index contributed by atoms with van der Waals surface area (Å²) in [4.78, 5) is 11.3. The molecule has 2 N–H and O–H groups in total. The summed E-state index contributed by atoms with van der Waals surface area (Å²) in [5, 5.41) is 0. The van der Waals surface area contributed by atoms with Crippen LogP contribution in [-0.4, -0.2) is 17.6 Å². The Bertz CT molecular complexity index is 532. The van der Waals surface area contributed by atoms with E-state index in [9.17, 15) is 4.79 Å². The van der Waals surface area contributed by atoms with Crippen molar-refractivity contribution in [3.05, 3.63) is 42.6 Å². The molecule has 17 heavy (non-hydrogen) atoms. The van der Waals surface area contributed by atoms with E-state index in [4.69, 9.17) is 5.73 Å². The number of benzene rings is 1. The molecule has 0 unspecified atom stereocenters. The van der Waals surface area contributed by atoms with Gasteiger partial charge in [-0.3, -0.25) is 4.79 Å². The first kappa shape index (κ1) is 11.3. The molecule has 1 aromatic heterocycles. The highest BCUT2D eigenvalue weighted by molar-refractivity contribution is 5.71. The van der Waals surface area contributed by atoms with Crippen LogP contribution in [0.3, 0.4) is 0 Å². The third kappa shape index (κ3) is 2.47. The van der Waals surface area contributed by atoms with Gasteiger partial charge < -0.3 is 15.0 Å². The number of anilines is 1. The average Bonchev–Trinajstić information content (AvgIpc) is 2.77. The van der Waals surface area contributed by atoms with Crippen molar-refractivity contribution in [3.8, 4) is 11.3 Å². The van der Waals surface area contributed by atoms with E-state index in [0.717, 1.165) is 11.3 Å². The molecule has 0 atom stereocenters. The largest absolute Gasteiger partial charge is 0.468 e. The monoisotopic (exact) mass is 230 g/mol. The molecule has 0 saturated carbocycles. The minimum atomic E-state index is -0.272. The Morgan fingerprint density at radius 2 is 2.18 bits per heavy atom. The molecule has 0 radical (unpaired) electrons. The van der Waals surface area contributed by atoms with Crippen molar-refractivity contribution >= 4 is 11.7 Å². The predicted octanol–water partition coefficient (Wildman–Crippen LogP) is 1.91. The summed E-state index contributed by atoms with van der Waals surface area (Å²) in [6.45, 7) is 0.202. The molecular weight excluding hydrogens is 216 g/mol. The second kappa shape index (κ2) is 4.74. The molecule has 0 fully saturated rings. The van der Waals surface area contributed by atoms with Gasteiger partial charge in [0.05, 0.1) is 7.11 Å². The van der Waals surface area contributed by atoms with Crippen LogP contribution in [0.1, 0.15) is 0 Å². The maximum atomic E-state index is 11.3. The Kier molecular flexibility index (Phi) is 3.14. The standard InChI is InChI=1S/C13H14N2O2/c1-17-13(16)9-15-7-3-6-12(15)10-4-2-5-11(14)8-10/h2-8H,9,14H2,1H3. The van der Waals surface area contributed by atoms with E-state index in [1.807, 2.05) is 47.2 Å². The van der Waals surface area contributed by atoms with Gasteiger partial charge in [0, 0.05) is 23.1 Å². The molecule has 4 heteroatoms. The zero-order valence-corrected chi connectivity index (χ0v) is 9.59. The zero-order valence-electron chi connectivity index (χ0n) is 9.59. The fourth-order valence-corrected chi connectivity index (χ4v) is 1.72. The lowest BCUT2D eigenvalue weighted by molar-refractivity contribution is -0.141. The first-order chi connectivity index (χ1) is 8.20. The van der Waals surface area contributed by atoms with Crippen molar-refractivity contribution in [3.63, 3.8) is 0 Å². The Hall–Kier alpha value is -2.23. The number of rotatable bonds is 3. The highest BCUT2D eigenvalue weighted by Crippen LogP contribution is 2.22. The topological polar surface area (TPSA) is 57.2 Å². The number of esters is 1. The van der Waals surface area contributed by atoms with Gasteiger partial charge in [-0.2, -0.15) is 0 Å². The molecule has 4 nitrogen and oxygen atoms in total. The van der Waals surface area contributed by atoms with Crippen molar-refractivity contribution in [1.82, 2.24) is 4.57 Å². The van der Waals surface area contributed by atoms with Crippen LogP contribution in [-0.2, 0) is 16.1 Å². The van der Waals surface area contributed by atoms with Crippen LogP contribution in [0.2, 0.25) is 0 Å². The Balaban J connectivity index is 2.33. The number of nitrogen functional groups attached to an aromatic ring is 1. The predicted molar refractivity (Wildman–Crippen MR) is 66.3 cm³/mol. The molecule has 0 aliphatic rings. The lowest BCUT2D eigenvalue weighted by Crippen LogP contribution is -2.11. The quantitative estimate of drug-likeness (QED) is 0.647. The fourth-order valence-electron chi connectivity index (χ4n) is 1.72. The first-order valence-corrected chi connectivity index (χ1v) is 5.28. The van der Waals surface area contributed by atoms with E-state index in [1.54, 1.807) is 0 Å². The first-order valence-electron chi connectivity index (χ1n) is 5.28. The van der Waals surface area contributed by atoms with Gasteiger partial charge >= 0.3 is 5.97 Å². The molecule has 0 aliphatic carbocycles. The number of nitrogens with two attached hydrogens (primary N) is 1. The van der Waals surface area contributed by atoms with E-state index in [1.165, 1.54) is 7.11 Å². The Labute approximate surface area is 99.6 Å². The lowest BCUT2D eigenvalue weighted by atomic mass is 10.1. The summed E-state index contributed by atoms with van der Waals surface area (Å²) in [6, 6.07) is 11.4. The van der Waals surface area contributed by atoms with Crippen molar-refractivity contribution in [2.75, 3.05) is 12.8 Å². The van der Waals surface area contributed by atoms with E-state index in [2.05, 4.69) is 4.74 Å². The van der Waals surface area contributed by atoms with Gasteiger partial charge in [-0.15, -0.1) is 0 Å². The molecule has 2 rings (SSSR count). The van der Waals surface area contributed by atoms with Crippen LogP contribution in [0.15, 0.2) is 42.6 Å². The van der Waals surface area contributed by atoms with Crippen molar-refractivity contribution < 1.29 is 9.53 Å². The summed E-state index contributed by atoms with van der Waals surface area (Å²) in [7, 11) is 1.38. The third-order valence-corrected chi connectivity index (χ3v) is 2.54. The Morgan fingerprint density at radius 1 is 1.35 bits per heavy atom. The van der Waals surface area contributed by atoms with Gasteiger partial charge in [0.2, 0.25) is 0 Å². The number of methoxy groups -OCH3 is 1. The minimum Gasteiger partial charge on any atom is -0.468 e. The van der Waals surface area contributed by atoms with Crippen LogP contribution in [0.5, 0.6) is 0 Å². The van der Waals surface area contributed by atoms with E-state index >= 15 is 0 Å². The highest BCUT2D eigenvalue weighted by atomic mass is 16.5. The van der Waals surface area contributed by atoms with E-state index in [0.29, 0.717) is 5.69 Å². The van der Waals surface area contributed by atoms with Crippen molar-refractivity contribution in [2.45, 2.75) is 6.54 Å². The van der Waals surface area contributed by atoms with Gasteiger partial charge in [0.15, 0.2) is 0 Å². The SMILES string of the molecule is COC(=O)Cn1cccc1-c1cccc(N)c1. The van der Waals surface area contributed by atoms with Gasteiger partial charge in [-0.05, 0) is 24.3 Å². The molecule has 2 aromatic rings. The molecule has 0 spiro atoms. The number of hydrogen-bond donors (Lipinski definition) is 1. The number of nitrogens with zero attached hydrogens (tertiary/aromatic N) is 1. The number of ether oxygens (including phenoxy) is 1. The number of hydrogen-bond acceptors (Lipinski definition) is 3. The molecule has 1 heterocycles. The number of carbonyl (C=O) groups is 1. The minimum absolute atomic E-state index is 0.202.